The van der Waals surface area contributed by atoms with Gasteiger partial charge in [0.05, 0.1) is 7.11 Å². The Bertz CT molecular complexity index is 807. The quantitative estimate of drug-likeness (QED) is 0.748. The molecule has 0 saturated carbocycles. The predicted molar refractivity (Wildman–Crippen MR) is 86.5 cm³/mol. The lowest BCUT2D eigenvalue weighted by Crippen LogP contribution is -1.96. The number of carbonyl (C=O) groups is 1. The van der Waals surface area contributed by atoms with Crippen molar-refractivity contribution in [2.24, 2.45) is 5.73 Å². The number of carbonyl (C=O) groups excluding carboxylic acids is 1. The van der Waals surface area contributed by atoms with E-state index in [4.69, 9.17) is 10.5 Å². The highest BCUT2D eigenvalue weighted by molar-refractivity contribution is 7.20. The molecular weight excluding hydrogens is 282 g/mol. The van der Waals surface area contributed by atoms with Crippen LogP contribution in [0.2, 0.25) is 0 Å². The van der Waals surface area contributed by atoms with Gasteiger partial charge in [-0.3, -0.25) is 0 Å². The number of ether oxygens (including phenoxy) is 1. The van der Waals surface area contributed by atoms with Gasteiger partial charge in [-0.2, -0.15) is 0 Å². The lowest BCUT2D eigenvalue weighted by Gasteiger charge is -2.05. The summed E-state index contributed by atoms with van der Waals surface area (Å²) < 4.78 is 5.88. The zero-order chi connectivity index (χ0) is 14.8. The second kappa shape index (κ2) is 5.68. The largest absolute Gasteiger partial charge is 0.465 e. The summed E-state index contributed by atoms with van der Waals surface area (Å²) in [6.45, 7) is 0.515. The molecule has 3 aromatic rings. The van der Waals surface area contributed by atoms with Crippen LogP contribution in [0.15, 0.2) is 48.5 Å². The topological polar surface area (TPSA) is 52.3 Å². The van der Waals surface area contributed by atoms with Crippen LogP contribution in [0.4, 0.5) is 0 Å². The smallest absolute Gasteiger partial charge is 0.348 e. The fourth-order valence-electron chi connectivity index (χ4n) is 2.38. The first-order chi connectivity index (χ1) is 10.2. The Morgan fingerprint density at radius 2 is 2.00 bits per heavy atom. The Hall–Kier alpha value is -2.17. The molecule has 0 aliphatic rings. The van der Waals surface area contributed by atoms with Crippen molar-refractivity contribution in [3.05, 3.63) is 59.0 Å². The normalized spacial score (nSPS) is 10.8. The second-order valence-electron chi connectivity index (χ2n) is 4.72. The van der Waals surface area contributed by atoms with Crippen molar-refractivity contribution in [1.29, 1.82) is 0 Å². The average Bonchev–Trinajstić information content (AvgIpc) is 2.98. The highest BCUT2D eigenvalue weighted by Gasteiger charge is 2.13. The Morgan fingerprint density at radius 1 is 1.19 bits per heavy atom. The maximum absolute atomic E-state index is 11.7. The molecule has 2 aromatic carbocycles. The van der Waals surface area contributed by atoms with Gasteiger partial charge >= 0.3 is 5.97 Å². The highest BCUT2D eigenvalue weighted by atomic mass is 32.1. The molecule has 0 aliphatic carbocycles. The summed E-state index contributed by atoms with van der Waals surface area (Å²) in [4.78, 5) is 12.3. The number of nitrogens with two attached hydrogens (primary N) is 1. The third-order valence-electron chi connectivity index (χ3n) is 3.42. The van der Waals surface area contributed by atoms with E-state index in [0.717, 1.165) is 26.8 Å². The number of esters is 1. The van der Waals surface area contributed by atoms with Crippen molar-refractivity contribution in [1.82, 2.24) is 0 Å². The van der Waals surface area contributed by atoms with E-state index in [1.807, 2.05) is 30.3 Å². The minimum Gasteiger partial charge on any atom is -0.465 e. The molecule has 0 bridgehead atoms. The lowest BCUT2D eigenvalue weighted by atomic mass is 10.00. The number of rotatable bonds is 3. The summed E-state index contributed by atoms with van der Waals surface area (Å²) in [6.07, 6.45) is 0. The van der Waals surface area contributed by atoms with Crippen LogP contribution in [0.25, 0.3) is 21.2 Å². The molecule has 3 rings (SSSR count). The Kier molecular flexibility index (Phi) is 3.73. The molecule has 0 radical (unpaired) electrons. The Labute approximate surface area is 127 Å². The van der Waals surface area contributed by atoms with Crippen molar-refractivity contribution in [2.45, 2.75) is 6.54 Å². The molecule has 3 nitrogen and oxygen atoms in total. The van der Waals surface area contributed by atoms with Crippen LogP contribution in [0.5, 0.6) is 0 Å². The molecule has 106 valence electrons. The van der Waals surface area contributed by atoms with Gasteiger partial charge in [0.1, 0.15) is 4.88 Å². The summed E-state index contributed by atoms with van der Waals surface area (Å²) in [5.41, 5.74) is 9.02. The molecule has 21 heavy (non-hydrogen) atoms. The Morgan fingerprint density at radius 3 is 2.76 bits per heavy atom. The average molecular weight is 297 g/mol. The van der Waals surface area contributed by atoms with E-state index >= 15 is 0 Å². The number of fused-ring (bicyclic) bond motifs is 1. The van der Waals surface area contributed by atoms with Crippen LogP contribution in [-0.4, -0.2) is 13.1 Å². The first-order valence-electron chi connectivity index (χ1n) is 6.63. The van der Waals surface area contributed by atoms with Gasteiger partial charge in [-0.15, -0.1) is 11.3 Å². The minimum absolute atomic E-state index is 0.294. The van der Waals surface area contributed by atoms with Gasteiger partial charge in [0.2, 0.25) is 0 Å². The molecule has 0 fully saturated rings. The summed E-state index contributed by atoms with van der Waals surface area (Å²) >= 11 is 1.45. The lowest BCUT2D eigenvalue weighted by molar-refractivity contribution is 0.0606. The molecule has 0 unspecified atom stereocenters. The second-order valence-corrected chi connectivity index (χ2v) is 5.81. The van der Waals surface area contributed by atoms with E-state index in [-0.39, 0.29) is 5.97 Å². The van der Waals surface area contributed by atoms with Crippen LogP contribution in [0.1, 0.15) is 15.2 Å². The molecule has 0 amide bonds. The van der Waals surface area contributed by atoms with Gasteiger partial charge in [0, 0.05) is 16.6 Å². The number of benzene rings is 2. The fraction of sp³-hybridized carbons (Fsp3) is 0.118. The maximum Gasteiger partial charge on any atom is 0.348 e. The molecule has 1 heterocycles. The van der Waals surface area contributed by atoms with Gasteiger partial charge in [0.25, 0.3) is 0 Å². The third kappa shape index (κ3) is 2.55. The number of hydrogen-bond donors (Lipinski definition) is 1. The van der Waals surface area contributed by atoms with Crippen molar-refractivity contribution < 1.29 is 9.53 Å². The van der Waals surface area contributed by atoms with Crippen molar-refractivity contribution in [2.75, 3.05) is 7.11 Å². The van der Waals surface area contributed by atoms with E-state index in [9.17, 15) is 4.79 Å². The molecule has 4 heteroatoms. The van der Waals surface area contributed by atoms with Crippen molar-refractivity contribution in [3.8, 4) is 11.1 Å². The molecule has 1 aromatic heterocycles. The van der Waals surface area contributed by atoms with Crippen molar-refractivity contribution in [3.63, 3.8) is 0 Å². The van der Waals surface area contributed by atoms with Crippen LogP contribution in [0.3, 0.4) is 0 Å². The van der Waals surface area contributed by atoms with E-state index in [1.165, 1.54) is 18.4 Å². The maximum atomic E-state index is 11.7. The predicted octanol–water partition coefficient (Wildman–Crippen LogP) is 3.81. The first kappa shape index (κ1) is 13.8. The van der Waals surface area contributed by atoms with Crippen LogP contribution >= 0.6 is 11.3 Å². The summed E-state index contributed by atoms with van der Waals surface area (Å²) in [6, 6.07) is 16.1. The fourth-order valence-corrected chi connectivity index (χ4v) is 3.39. The number of hydrogen-bond acceptors (Lipinski definition) is 4. The van der Waals surface area contributed by atoms with E-state index in [2.05, 4.69) is 18.2 Å². The van der Waals surface area contributed by atoms with Crippen molar-refractivity contribution >= 4 is 27.4 Å². The van der Waals surface area contributed by atoms with Gasteiger partial charge < -0.3 is 10.5 Å². The summed E-state index contributed by atoms with van der Waals surface area (Å²) in [5.74, 6) is -0.294. The van der Waals surface area contributed by atoms with Gasteiger partial charge in [0.15, 0.2) is 0 Å². The van der Waals surface area contributed by atoms with Gasteiger partial charge in [-0.25, -0.2) is 4.79 Å². The van der Waals surface area contributed by atoms with Crippen LogP contribution in [-0.2, 0) is 11.3 Å². The molecule has 0 saturated heterocycles. The molecule has 0 atom stereocenters. The van der Waals surface area contributed by atoms with Crippen LogP contribution in [0, 0.1) is 0 Å². The highest BCUT2D eigenvalue weighted by Crippen LogP contribution is 2.34. The van der Waals surface area contributed by atoms with E-state index < -0.39 is 0 Å². The Balaban J connectivity index is 2.18. The van der Waals surface area contributed by atoms with Crippen LogP contribution < -0.4 is 5.73 Å². The molecule has 2 N–H and O–H groups in total. The first-order valence-corrected chi connectivity index (χ1v) is 7.45. The standard InChI is InChI=1S/C17H15NO2S/c1-20-17(19)16-9-14-13(6-3-7-15(14)21-16)12-5-2-4-11(8-12)10-18/h2-9H,10,18H2,1H3. The number of thiophene rings is 1. The molecule has 0 aliphatic heterocycles. The monoisotopic (exact) mass is 297 g/mol. The zero-order valence-electron chi connectivity index (χ0n) is 11.6. The molecule has 0 spiro atoms. The summed E-state index contributed by atoms with van der Waals surface area (Å²) in [5, 5.41) is 1.07. The summed E-state index contributed by atoms with van der Waals surface area (Å²) in [7, 11) is 1.40. The zero-order valence-corrected chi connectivity index (χ0v) is 12.4. The molecular formula is C17H15NO2S. The van der Waals surface area contributed by atoms with Gasteiger partial charge in [-0.05, 0) is 34.9 Å². The van der Waals surface area contributed by atoms with Gasteiger partial charge in [-0.1, -0.05) is 30.3 Å². The van der Waals surface area contributed by atoms with E-state index in [0.29, 0.717) is 11.4 Å². The SMILES string of the molecule is COC(=O)c1cc2c(-c3cccc(CN)c3)cccc2s1. The van der Waals surface area contributed by atoms with E-state index in [1.54, 1.807) is 0 Å². The minimum atomic E-state index is -0.294. The number of methoxy groups -OCH3 is 1. The third-order valence-corrected chi connectivity index (χ3v) is 4.50.